The summed E-state index contributed by atoms with van der Waals surface area (Å²) in [7, 11) is 3.51. The smallest absolute Gasteiger partial charge is 0.191 e. The molecule has 0 aliphatic heterocycles. The lowest BCUT2D eigenvalue weighted by Gasteiger charge is -2.20. The van der Waals surface area contributed by atoms with E-state index in [1.54, 1.807) is 7.11 Å². The van der Waals surface area contributed by atoms with Gasteiger partial charge in [0.25, 0.3) is 0 Å². The highest BCUT2D eigenvalue weighted by Gasteiger charge is 2.20. The number of hydrogen-bond donors (Lipinski definition) is 2. The first-order valence-corrected chi connectivity index (χ1v) is 11.2. The molecular formula is C23H40N4O2. The third kappa shape index (κ3) is 7.77. The number of ether oxygens (including phenoxy) is 2. The lowest BCUT2D eigenvalue weighted by molar-refractivity contribution is 0.198. The van der Waals surface area contributed by atoms with Gasteiger partial charge in [-0.05, 0) is 64.2 Å². The van der Waals surface area contributed by atoms with Crippen molar-refractivity contribution in [1.29, 1.82) is 0 Å². The molecule has 2 N–H and O–H groups in total. The fourth-order valence-electron chi connectivity index (χ4n) is 3.77. The summed E-state index contributed by atoms with van der Waals surface area (Å²) in [4.78, 5) is 6.82. The normalized spacial score (nSPS) is 15.0. The highest BCUT2D eigenvalue weighted by atomic mass is 16.5. The minimum atomic E-state index is 0.299. The zero-order chi connectivity index (χ0) is 20.9. The fraction of sp³-hybridized carbons (Fsp3) is 0.696. The first-order valence-electron chi connectivity index (χ1n) is 11.2. The Morgan fingerprint density at radius 3 is 2.55 bits per heavy atom. The summed E-state index contributed by atoms with van der Waals surface area (Å²) in [5.41, 5.74) is 1.10. The maximum absolute atomic E-state index is 6.32. The van der Waals surface area contributed by atoms with Gasteiger partial charge in [0.2, 0.25) is 0 Å². The van der Waals surface area contributed by atoms with E-state index in [9.17, 15) is 0 Å². The molecule has 1 aliphatic carbocycles. The molecule has 2 rings (SSSR count). The van der Waals surface area contributed by atoms with Gasteiger partial charge in [0.05, 0.1) is 13.2 Å². The van der Waals surface area contributed by atoms with Gasteiger partial charge in [0.1, 0.15) is 0 Å². The van der Waals surface area contributed by atoms with Crippen molar-refractivity contribution in [3.05, 3.63) is 23.8 Å². The molecule has 0 atom stereocenters. The van der Waals surface area contributed by atoms with Crippen molar-refractivity contribution in [2.75, 3.05) is 40.3 Å². The molecular weight excluding hydrogens is 364 g/mol. The van der Waals surface area contributed by atoms with Crippen molar-refractivity contribution >= 4 is 5.96 Å². The molecule has 6 heteroatoms. The molecule has 0 saturated heterocycles. The van der Waals surface area contributed by atoms with Crippen LogP contribution in [-0.2, 0) is 6.54 Å². The number of para-hydroxylation sites is 1. The third-order valence-electron chi connectivity index (χ3n) is 5.62. The summed E-state index contributed by atoms with van der Waals surface area (Å²) >= 11 is 0. The Labute approximate surface area is 177 Å². The highest BCUT2D eigenvalue weighted by molar-refractivity contribution is 5.79. The zero-order valence-electron chi connectivity index (χ0n) is 18.8. The van der Waals surface area contributed by atoms with Crippen molar-refractivity contribution in [3.63, 3.8) is 0 Å². The third-order valence-corrected chi connectivity index (χ3v) is 5.62. The van der Waals surface area contributed by atoms with Crippen LogP contribution in [0.3, 0.4) is 0 Å². The Kier molecular flexibility index (Phi) is 10.7. The van der Waals surface area contributed by atoms with Crippen LogP contribution in [0.2, 0.25) is 0 Å². The lowest BCUT2D eigenvalue weighted by Crippen LogP contribution is -2.37. The molecule has 0 aromatic heterocycles. The fourth-order valence-corrected chi connectivity index (χ4v) is 3.77. The van der Waals surface area contributed by atoms with Gasteiger partial charge < -0.3 is 25.0 Å². The Balaban J connectivity index is 1.83. The summed E-state index contributed by atoms with van der Waals surface area (Å²) in [6, 6.07) is 6.08. The molecule has 164 valence electrons. The molecule has 6 nitrogen and oxygen atoms in total. The van der Waals surface area contributed by atoms with E-state index in [1.165, 1.54) is 19.3 Å². The number of rotatable bonds is 12. The molecule has 1 saturated carbocycles. The molecule has 0 unspecified atom stereocenters. The lowest BCUT2D eigenvalue weighted by atomic mass is 10.1. The summed E-state index contributed by atoms with van der Waals surface area (Å²) < 4.78 is 11.9. The average Bonchev–Trinajstić information content (AvgIpc) is 3.26. The van der Waals surface area contributed by atoms with E-state index >= 15 is 0 Å². The summed E-state index contributed by atoms with van der Waals surface area (Å²) in [6.45, 7) is 9.42. The number of benzene rings is 1. The van der Waals surface area contributed by atoms with Gasteiger partial charge in [-0.1, -0.05) is 26.0 Å². The summed E-state index contributed by atoms with van der Waals surface area (Å²) in [5, 5.41) is 6.84. The highest BCUT2D eigenvalue weighted by Crippen LogP contribution is 2.34. The molecule has 1 aromatic rings. The number of nitrogens with zero attached hydrogens (tertiary/aromatic N) is 2. The maximum atomic E-state index is 6.32. The number of methoxy groups -OCH3 is 1. The van der Waals surface area contributed by atoms with Crippen LogP contribution in [0, 0.1) is 0 Å². The number of unbranched alkanes of at least 4 members (excludes halogenated alkanes) is 1. The van der Waals surface area contributed by atoms with Crippen molar-refractivity contribution in [2.45, 2.75) is 65.0 Å². The minimum Gasteiger partial charge on any atom is -0.493 e. The van der Waals surface area contributed by atoms with Gasteiger partial charge in [0.15, 0.2) is 17.5 Å². The Hall–Kier alpha value is -1.95. The van der Waals surface area contributed by atoms with Crippen LogP contribution in [0.5, 0.6) is 11.5 Å². The quantitative estimate of drug-likeness (QED) is 0.315. The zero-order valence-corrected chi connectivity index (χ0v) is 18.8. The Morgan fingerprint density at radius 1 is 1.14 bits per heavy atom. The topological polar surface area (TPSA) is 58.1 Å². The predicted octanol–water partition coefficient (Wildman–Crippen LogP) is 3.80. The van der Waals surface area contributed by atoms with Crippen LogP contribution in [0.1, 0.15) is 57.9 Å². The van der Waals surface area contributed by atoms with Gasteiger partial charge >= 0.3 is 0 Å². The van der Waals surface area contributed by atoms with Crippen molar-refractivity contribution in [3.8, 4) is 11.5 Å². The van der Waals surface area contributed by atoms with Crippen molar-refractivity contribution in [1.82, 2.24) is 15.5 Å². The second kappa shape index (κ2) is 13.3. The first kappa shape index (κ1) is 23.3. The molecule has 0 heterocycles. The van der Waals surface area contributed by atoms with Gasteiger partial charge in [-0.2, -0.15) is 0 Å². The van der Waals surface area contributed by atoms with Gasteiger partial charge in [-0.3, -0.25) is 4.99 Å². The van der Waals surface area contributed by atoms with E-state index in [0.717, 1.165) is 68.5 Å². The Bertz CT molecular complexity index is 611. The van der Waals surface area contributed by atoms with Crippen LogP contribution >= 0.6 is 0 Å². The summed E-state index contributed by atoms with van der Waals surface area (Å²) in [6.07, 6.45) is 7.38. The van der Waals surface area contributed by atoms with Crippen LogP contribution in [0.4, 0.5) is 0 Å². The van der Waals surface area contributed by atoms with Crippen LogP contribution < -0.4 is 20.1 Å². The maximum Gasteiger partial charge on any atom is 0.191 e. The van der Waals surface area contributed by atoms with E-state index in [2.05, 4.69) is 40.4 Å². The number of guanidine groups is 1. The molecule has 0 bridgehead atoms. The van der Waals surface area contributed by atoms with E-state index in [-0.39, 0.29) is 0 Å². The molecule has 0 spiro atoms. The van der Waals surface area contributed by atoms with E-state index < -0.39 is 0 Å². The number of nitrogens with one attached hydrogen (secondary N) is 2. The molecule has 0 radical (unpaired) electrons. The molecule has 1 aromatic carbocycles. The standard InChI is InChI=1S/C23H40N4O2/c1-5-27(6-2)17-10-9-16-25-23(24-3)26-18-19-12-11-15-21(28-4)22(19)29-20-13-7-8-14-20/h11-12,15,20H,5-10,13-14,16-18H2,1-4H3,(H2,24,25,26). The predicted molar refractivity (Wildman–Crippen MR) is 121 cm³/mol. The van der Waals surface area contributed by atoms with Crippen molar-refractivity contribution in [2.24, 2.45) is 4.99 Å². The van der Waals surface area contributed by atoms with E-state index in [4.69, 9.17) is 9.47 Å². The van der Waals surface area contributed by atoms with Crippen molar-refractivity contribution < 1.29 is 9.47 Å². The summed E-state index contributed by atoms with van der Waals surface area (Å²) in [5.74, 6) is 2.49. The van der Waals surface area contributed by atoms with Crippen LogP contribution in [-0.4, -0.2) is 57.3 Å². The van der Waals surface area contributed by atoms with Crippen LogP contribution in [0.15, 0.2) is 23.2 Å². The van der Waals surface area contributed by atoms with E-state index in [0.29, 0.717) is 12.6 Å². The Morgan fingerprint density at radius 2 is 1.90 bits per heavy atom. The second-order valence-corrected chi connectivity index (χ2v) is 7.56. The molecule has 1 fully saturated rings. The monoisotopic (exact) mass is 404 g/mol. The van der Waals surface area contributed by atoms with Gasteiger partial charge in [0, 0.05) is 25.7 Å². The number of aliphatic imine (C=N–C) groups is 1. The van der Waals surface area contributed by atoms with Gasteiger partial charge in [-0.25, -0.2) is 0 Å². The SMILES string of the molecule is CCN(CC)CCCCNC(=NC)NCc1cccc(OC)c1OC1CCCC1. The van der Waals surface area contributed by atoms with Crippen LogP contribution in [0.25, 0.3) is 0 Å². The molecule has 1 aliphatic rings. The van der Waals surface area contributed by atoms with E-state index in [1.807, 2.05) is 19.2 Å². The molecule has 29 heavy (non-hydrogen) atoms. The first-order chi connectivity index (χ1) is 14.2. The average molecular weight is 405 g/mol. The molecule has 0 amide bonds. The largest absolute Gasteiger partial charge is 0.493 e. The number of hydrogen-bond acceptors (Lipinski definition) is 4. The van der Waals surface area contributed by atoms with Gasteiger partial charge in [-0.15, -0.1) is 0 Å². The second-order valence-electron chi connectivity index (χ2n) is 7.56. The minimum absolute atomic E-state index is 0.299.